The molecule has 1 aromatic carbocycles. The van der Waals surface area contributed by atoms with Gasteiger partial charge in [-0.2, -0.15) is 0 Å². The number of hydrogen-bond acceptors (Lipinski definition) is 5. The molecular weight excluding hydrogens is 358 g/mol. The SMILES string of the molecule is COc1cccc(OC)c1C(=O)N1CCC(C(=O)NCc2ccccn2)CC1. The summed E-state index contributed by atoms with van der Waals surface area (Å²) in [5, 5.41) is 2.94. The minimum Gasteiger partial charge on any atom is -0.496 e. The molecule has 1 fully saturated rings. The normalized spacial score (nSPS) is 14.4. The topological polar surface area (TPSA) is 80.8 Å². The number of rotatable bonds is 6. The average Bonchev–Trinajstić information content (AvgIpc) is 2.77. The number of nitrogens with one attached hydrogen (secondary N) is 1. The lowest BCUT2D eigenvalue weighted by Gasteiger charge is -2.32. The highest BCUT2D eigenvalue weighted by molar-refractivity contribution is 5.99. The molecule has 1 aliphatic rings. The third kappa shape index (κ3) is 4.42. The highest BCUT2D eigenvalue weighted by atomic mass is 16.5. The van der Waals surface area contributed by atoms with Gasteiger partial charge in [0.05, 0.1) is 26.5 Å². The van der Waals surface area contributed by atoms with Gasteiger partial charge < -0.3 is 19.7 Å². The molecule has 7 heteroatoms. The van der Waals surface area contributed by atoms with Crippen LogP contribution in [0.1, 0.15) is 28.9 Å². The van der Waals surface area contributed by atoms with Crippen LogP contribution in [-0.4, -0.2) is 49.0 Å². The summed E-state index contributed by atoms with van der Waals surface area (Å²) in [6.07, 6.45) is 2.95. The Morgan fingerprint density at radius 1 is 1.07 bits per heavy atom. The van der Waals surface area contributed by atoms with Crippen molar-refractivity contribution >= 4 is 11.8 Å². The Kier molecular flexibility index (Phi) is 6.47. The Labute approximate surface area is 164 Å². The molecule has 2 heterocycles. The fourth-order valence-corrected chi connectivity index (χ4v) is 3.39. The van der Waals surface area contributed by atoms with E-state index in [-0.39, 0.29) is 17.7 Å². The molecule has 1 aliphatic heterocycles. The summed E-state index contributed by atoms with van der Waals surface area (Å²) in [5.41, 5.74) is 1.25. The van der Waals surface area contributed by atoms with Crippen molar-refractivity contribution in [1.29, 1.82) is 0 Å². The number of nitrogens with zero attached hydrogens (tertiary/aromatic N) is 2. The van der Waals surface area contributed by atoms with Crippen LogP contribution in [0.4, 0.5) is 0 Å². The van der Waals surface area contributed by atoms with Crippen LogP contribution in [0.2, 0.25) is 0 Å². The van der Waals surface area contributed by atoms with E-state index < -0.39 is 0 Å². The number of carbonyl (C=O) groups excluding carboxylic acids is 2. The first-order valence-corrected chi connectivity index (χ1v) is 9.32. The molecule has 2 amide bonds. The molecule has 0 aliphatic carbocycles. The molecule has 1 saturated heterocycles. The van der Waals surface area contributed by atoms with Gasteiger partial charge in [-0.05, 0) is 37.1 Å². The van der Waals surface area contributed by atoms with Crippen LogP contribution >= 0.6 is 0 Å². The zero-order chi connectivity index (χ0) is 19.9. The second-order valence-corrected chi connectivity index (χ2v) is 6.64. The number of hydrogen-bond donors (Lipinski definition) is 1. The molecule has 0 radical (unpaired) electrons. The van der Waals surface area contributed by atoms with Crippen molar-refractivity contribution in [3.8, 4) is 11.5 Å². The molecule has 1 aromatic heterocycles. The zero-order valence-corrected chi connectivity index (χ0v) is 16.2. The molecule has 148 valence electrons. The molecule has 0 saturated carbocycles. The van der Waals surface area contributed by atoms with Crippen molar-refractivity contribution < 1.29 is 19.1 Å². The van der Waals surface area contributed by atoms with E-state index in [9.17, 15) is 9.59 Å². The maximum Gasteiger partial charge on any atom is 0.261 e. The summed E-state index contributed by atoms with van der Waals surface area (Å²) in [6.45, 7) is 1.45. The number of pyridine rings is 1. The predicted octanol–water partition coefficient (Wildman–Crippen LogP) is 2.27. The number of methoxy groups -OCH3 is 2. The van der Waals surface area contributed by atoms with Gasteiger partial charge in [0.25, 0.3) is 5.91 Å². The van der Waals surface area contributed by atoms with Crippen molar-refractivity contribution in [2.75, 3.05) is 27.3 Å². The van der Waals surface area contributed by atoms with Crippen LogP contribution < -0.4 is 14.8 Å². The van der Waals surface area contributed by atoms with Gasteiger partial charge in [0.15, 0.2) is 0 Å². The first-order chi connectivity index (χ1) is 13.6. The molecule has 0 spiro atoms. The quantitative estimate of drug-likeness (QED) is 0.828. The highest BCUT2D eigenvalue weighted by Gasteiger charge is 2.30. The maximum absolute atomic E-state index is 13.0. The number of ether oxygens (including phenoxy) is 2. The van der Waals surface area contributed by atoms with Gasteiger partial charge in [0.1, 0.15) is 17.1 Å². The van der Waals surface area contributed by atoms with Crippen molar-refractivity contribution in [1.82, 2.24) is 15.2 Å². The van der Waals surface area contributed by atoms with Gasteiger partial charge in [-0.3, -0.25) is 14.6 Å². The third-order valence-electron chi connectivity index (χ3n) is 4.96. The fourth-order valence-electron chi connectivity index (χ4n) is 3.39. The largest absolute Gasteiger partial charge is 0.496 e. The Morgan fingerprint density at radius 3 is 2.32 bits per heavy atom. The van der Waals surface area contributed by atoms with E-state index in [0.29, 0.717) is 49.5 Å². The lowest BCUT2D eigenvalue weighted by molar-refractivity contribution is -0.126. The molecule has 0 atom stereocenters. The monoisotopic (exact) mass is 383 g/mol. The van der Waals surface area contributed by atoms with Crippen LogP contribution in [-0.2, 0) is 11.3 Å². The standard InChI is InChI=1S/C21H25N3O4/c1-27-17-7-5-8-18(28-2)19(17)21(26)24-12-9-15(10-13-24)20(25)23-14-16-6-3-4-11-22-16/h3-8,11,15H,9-10,12-14H2,1-2H3,(H,23,25). The summed E-state index contributed by atoms with van der Waals surface area (Å²) in [5.74, 6) is 0.737. The number of benzene rings is 1. The van der Waals surface area contributed by atoms with E-state index in [1.165, 1.54) is 14.2 Å². The molecular formula is C21H25N3O4. The molecule has 28 heavy (non-hydrogen) atoms. The molecule has 2 aromatic rings. The van der Waals surface area contributed by atoms with E-state index >= 15 is 0 Å². The number of likely N-dealkylation sites (tertiary alicyclic amines) is 1. The lowest BCUT2D eigenvalue weighted by Crippen LogP contribution is -2.43. The van der Waals surface area contributed by atoms with Crippen molar-refractivity contribution in [2.24, 2.45) is 5.92 Å². The third-order valence-corrected chi connectivity index (χ3v) is 4.96. The summed E-state index contributed by atoms with van der Waals surface area (Å²) < 4.78 is 10.7. The van der Waals surface area contributed by atoms with Gasteiger partial charge in [-0.1, -0.05) is 12.1 Å². The Balaban J connectivity index is 1.58. The second-order valence-electron chi connectivity index (χ2n) is 6.64. The lowest BCUT2D eigenvalue weighted by atomic mass is 9.95. The second kappa shape index (κ2) is 9.21. The maximum atomic E-state index is 13.0. The van der Waals surface area contributed by atoms with Gasteiger partial charge in [-0.15, -0.1) is 0 Å². The van der Waals surface area contributed by atoms with Crippen LogP contribution in [0.25, 0.3) is 0 Å². The number of piperidine rings is 1. The van der Waals surface area contributed by atoms with Gasteiger partial charge in [0.2, 0.25) is 5.91 Å². The molecule has 0 bridgehead atoms. The van der Waals surface area contributed by atoms with E-state index in [2.05, 4.69) is 10.3 Å². The summed E-state index contributed by atoms with van der Waals surface area (Å²) in [7, 11) is 3.06. The Morgan fingerprint density at radius 2 is 1.75 bits per heavy atom. The van der Waals surface area contributed by atoms with E-state index in [1.807, 2.05) is 18.2 Å². The van der Waals surface area contributed by atoms with Crippen molar-refractivity contribution in [3.63, 3.8) is 0 Å². The smallest absolute Gasteiger partial charge is 0.261 e. The summed E-state index contributed by atoms with van der Waals surface area (Å²) in [4.78, 5) is 31.4. The summed E-state index contributed by atoms with van der Waals surface area (Å²) >= 11 is 0. The molecule has 3 rings (SSSR count). The van der Waals surface area contributed by atoms with Gasteiger partial charge in [-0.25, -0.2) is 0 Å². The average molecular weight is 383 g/mol. The van der Waals surface area contributed by atoms with Crippen LogP contribution in [0.3, 0.4) is 0 Å². The van der Waals surface area contributed by atoms with E-state index in [4.69, 9.17) is 9.47 Å². The van der Waals surface area contributed by atoms with Crippen LogP contribution in [0, 0.1) is 5.92 Å². The molecule has 7 nitrogen and oxygen atoms in total. The van der Waals surface area contributed by atoms with E-state index in [0.717, 1.165) is 5.69 Å². The number of aromatic nitrogens is 1. The number of carbonyl (C=O) groups is 2. The first-order valence-electron chi connectivity index (χ1n) is 9.32. The Bertz CT molecular complexity index is 795. The molecule has 1 N–H and O–H groups in total. The summed E-state index contributed by atoms with van der Waals surface area (Å²) in [6, 6.07) is 10.9. The molecule has 0 unspecified atom stereocenters. The van der Waals surface area contributed by atoms with Crippen molar-refractivity contribution in [3.05, 3.63) is 53.9 Å². The highest BCUT2D eigenvalue weighted by Crippen LogP contribution is 2.31. The predicted molar refractivity (Wildman–Crippen MR) is 104 cm³/mol. The number of amides is 2. The van der Waals surface area contributed by atoms with Crippen molar-refractivity contribution in [2.45, 2.75) is 19.4 Å². The minimum absolute atomic E-state index is 0.00706. The van der Waals surface area contributed by atoms with Gasteiger partial charge in [0, 0.05) is 25.2 Å². The van der Waals surface area contributed by atoms with Crippen LogP contribution in [0.15, 0.2) is 42.6 Å². The minimum atomic E-state index is -0.137. The fraction of sp³-hybridized carbons (Fsp3) is 0.381. The zero-order valence-electron chi connectivity index (χ0n) is 16.2. The van der Waals surface area contributed by atoms with E-state index in [1.54, 1.807) is 29.3 Å². The first kappa shape index (κ1) is 19.7. The van der Waals surface area contributed by atoms with Crippen LogP contribution in [0.5, 0.6) is 11.5 Å². The van der Waals surface area contributed by atoms with Gasteiger partial charge >= 0.3 is 0 Å². The Hall–Kier alpha value is -3.09.